The Balaban J connectivity index is 1.68. The number of anilines is 2. The van der Waals surface area contributed by atoms with Gasteiger partial charge in [0.2, 0.25) is 0 Å². The fourth-order valence-electron chi connectivity index (χ4n) is 3.43. The highest BCUT2D eigenvalue weighted by Crippen LogP contribution is 2.37. The molecule has 0 unspecified atom stereocenters. The summed E-state index contributed by atoms with van der Waals surface area (Å²) in [6.45, 7) is 5.59. The summed E-state index contributed by atoms with van der Waals surface area (Å²) >= 11 is 10.2. The van der Waals surface area contributed by atoms with Gasteiger partial charge in [-0.1, -0.05) is 18.5 Å². The van der Waals surface area contributed by atoms with Gasteiger partial charge in [0.05, 0.1) is 28.9 Å². The van der Waals surface area contributed by atoms with Crippen LogP contribution in [0.15, 0.2) is 34.8 Å². The second-order valence-corrected chi connectivity index (χ2v) is 8.29. The molecule has 0 amide bonds. The first kappa shape index (κ1) is 21.1. The summed E-state index contributed by atoms with van der Waals surface area (Å²) < 4.78 is 12.2. The lowest BCUT2D eigenvalue weighted by Crippen LogP contribution is -2.29. The number of piperidine rings is 1. The molecule has 1 N–H and O–H groups in total. The summed E-state index contributed by atoms with van der Waals surface area (Å²) in [4.78, 5) is 2.38. The standard InChI is InChI=1S/C22H28BrClN2O2/c1-3-11-28-22-18(23)12-16(13-21(22)27-2)15-25-17-7-8-20(19(24)14-17)26-9-5-4-6-10-26/h7-8,12-14,25H,3-6,9-11,15H2,1-2H3. The predicted molar refractivity (Wildman–Crippen MR) is 121 cm³/mol. The van der Waals surface area contributed by atoms with Crippen molar-refractivity contribution in [3.05, 3.63) is 45.4 Å². The van der Waals surface area contributed by atoms with Crippen LogP contribution < -0.4 is 19.7 Å². The van der Waals surface area contributed by atoms with Gasteiger partial charge in [-0.15, -0.1) is 0 Å². The Morgan fingerprint density at radius 2 is 1.93 bits per heavy atom. The van der Waals surface area contributed by atoms with E-state index in [1.165, 1.54) is 19.3 Å². The third kappa shape index (κ3) is 5.26. The van der Waals surface area contributed by atoms with Crippen LogP contribution in [0.2, 0.25) is 5.02 Å². The van der Waals surface area contributed by atoms with E-state index in [1.807, 2.05) is 12.1 Å². The van der Waals surface area contributed by atoms with Gasteiger partial charge in [-0.05, 0) is 77.5 Å². The SMILES string of the molecule is CCCOc1c(Br)cc(CNc2ccc(N3CCCCC3)c(Cl)c2)cc1OC. The zero-order valence-electron chi connectivity index (χ0n) is 16.6. The first-order valence-corrected chi connectivity index (χ1v) is 11.1. The van der Waals surface area contributed by atoms with Gasteiger partial charge in [-0.25, -0.2) is 0 Å². The van der Waals surface area contributed by atoms with E-state index in [1.54, 1.807) is 7.11 Å². The molecule has 6 heteroatoms. The van der Waals surface area contributed by atoms with Crippen LogP contribution in [0.1, 0.15) is 38.2 Å². The highest BCUT2D eigenvalue weighted by molar-refractivity contribution is 9.10. The van der Waals surface area contributed by atoms with Gasteiger partial charge in [0, 0.05) is 25.3 Å². The van der Waals surface area contributed by atoms with Crippen LogP contribution in [0.3, 0.4) is 0 Å². The van der Waals surface area contributed by atoms with Crippen LogP contribution in [0.5, 0.6) is 11.5 Å². The minimum Gasteiger partial charge on any atom is -0.493 e. The smallest absolute Gasteiger partial charge is 0.175 e. The molecule has 0 saturated carbocycles. The van der Waals surface area contributed by atoms with Gasteiger partial charge in [0.1, 0.15) is 0 Å². The van der Waals surface area contributed by atoms with Crippen LogP contribution >= 0.6 is 27.5 Å². The third-order valence-corrected chi connectivity index (χ3v) is 5.77. The van der Waals surface area contributed by atoms with Crippen molar-refractivity contribution >= 4 is 38.9 Å². The maximum atomic E-state index is 6.56. The molecular formula is C22H28BrClN2O2. The van der Waals surface area contributed by atoms with E-state index >= 15 is 0 Å². The molecule has 1 fully saturated rings. The Morgan fingerprint density at radius 1 is 1.14 bits per heavy atom. The fourth-order valence-corrected chi connectivity index (χ4v) is 4.34. The van der Waals surface area contributed by atoms with Gasteiger partial charge in [-0.2, -0.15) is 0 Å². The molecular weight excluding hydrogens is 440 g/mol. The van der Waals surface area contributed by atoms with Crippen molar-refractivity contribution in [2.24, 2.45) is 0 Å². The topological polar surface area (TPSA) is 33.7 Å². The predicted octanol–water partition coefficient (Wildman–Crippen LogP) is 6.50. The van der Waals surface area contributed by atoms with Gasteiger partial charge in [-0.3, -0.25) is 0 Å². The molecule has 0 aliphatic carbocycles. The molecule has 3 rings (SSSR count). The molecule has 0 radical (unpaired) electrons. The molecule has 28 heavy (non-hydrogen) atoms. The molecule has 4 nitrogen and oxygen atoms in total. The highest BCUT2D eigenvalue weighted by Gasteiger charge is 2.15. The number of hydrogen-bond donors (Lipinski definition) is 1. The van der Waals surface area contributed by atoms with Crippen molar-refractivity contribution < 1.29 is 9.47 Å². The van der Waals surface area contributed by atoms with Crippen molar-refractivity contribution in [3.63, 3.8) is 0 Å². The number of methoxy groups -OCH3 is 1. The Kier molecular flexibility index (Phi) is 7.74. The normalized spacial score (nSPS) is 14.1. The fraction of sp³-hybridized carbons (Fsp3) is 0.455. The molecule has 1 aliphatic rings. The molecule has 0 spiro atoms. The second-order valence-electron chi connectivity index (χ2n) is 7.02. The lowest BCUT2D eigenvalue weighted by atomic mass is 10.1. The molecule has 0 atom stereocenters. The van der Waals surface area contributed by atoms with E-state index in [-0.39, 0.29) is 0 Å². The van der Waals surface area contributed by atoms with Crippen LogP contribution in [0, 0.1) is 0 Å². The number of nitrogens with zero attached hydrogens (tertiary/aromatic N) is 1. The van der Waals surface area contributed by atoms with E-state index in [0.29, 0.717) is 13.2 Å². The Morgan fingerprint density at radius 3 is 2.61 bits per heavy atom. The first-order valence-electron chi connectivity index (χ1n) is 9.90. The third-order valence-electron chi connectivity index (χ3n) is 4.88. The number of benzene rings is 2. The van der Waals surface area contributed by atoms with E-state index in [9.17, 15) is 0 Å². The van der Waals surface area contributed by atoms with E-state index in [4.69, 9.17) is 21.1 Å². The minimum atomic E-state index is 0.661. The largest absolute Gasteiger partial charge is 0.493 e. The van der Waals surface area contributed by atoms with E-state index in [2.05, 4.69) is 51.3 Å². The van der Waals surface area contributed by atoms with Crippen molar-refractivity contribution in [3.8, 4) is 11.5 Å². The van der Waals surface area contributed by atoms with E-state index in [0.717, 1.165) is 57.4 Å². The Hall–Kier alpha value is -1.59. The average molecular weight is 468 g/mol. The summed E-state index contributed by atoms with van der Waals surface area (Å²) in [5.74, 6) is 1.49. The molecule has 1 heterocycles. The number of nitrogens with one attached hydrogen (secondary N) is 1. The summed E-state index contributed by atoms with van der Waals surface area (Å²) in [6, 6.07) is 10.3. The van der Waals surface area contributed by atoms with Crippen molar-refractivity contribution in [2.75, 3.05) is 37.0 Å². The second kappa shape index (κ2) is 10.3. The van der Waals surface area contributed by atoms with E-state index < -0.39 is 0 Å². The van der Waals surface area contributed by atoms with Crippen molar-refractivity contribution in [1.29, 1.82) is 0 Å². The number of rotatable bonds is 8. The molecule has 2 aromatic carbocycles. The maximum Gasteiger partial charge on any atom is 0.175 e. The van der Waals surface area contributed by atoms with Crippen LogP contribution in [-0.2, 0) is 6.54 Å². The van der Waals surface area contributed by atoms with Crippen molar-refractivity contribution in [1.82, 2.24) is 0 Å². The number of hydrogen-bond acceptors (Lipinski definition) is 4. The zero-order valence-corrected chi connectivity index (χ0v) is 18.9. The highest BCUT2D eigenvalue weighted by atomic mass is 79.9. The number of halogens is 2. The lowest BCUT2D eigenvalue weighted by Gasteiger charge is -2.29. The van der Waals surface area contributed by atoms with Crippen LogP contribution in [-0.4, -0.2) is 26.8 Å². The van der Waals surface area contributed by atoms with Gasteiger partial charge >= 0.3 is 0 Å². The van der Waals surface area contributed by atoms with Crippen LogP contribution in [0.25, 0.3) is 0 Å². The van der Waals surface area contributed by atoms with Gasteiger partial charge in [0.25, 0.3) is 0 Å². The molecule has 2 aromatic rings. The molecule has 1 saturated heterocycles. The summed E-state index contributed by atoms with van der Waals surface area (Å²) in [5.41, 5.74) is 3.24. The maximum absolute atomic E-state index is 6.56. The Labute approximate surface area is 181 Å². The minimum absolute atomic E-state index is 0.661. The summed E-state index contributed by atoms with van der Waals surface area (Å²) in [5, 5.41) is 4.25. The average Bonchev–Trinajstić information content (AvgIpc) is 2.71. The monoisotopic (exact) mass is 466 g/mol. The quantitative estimate of drug-likeness (QED) is 0.480. The summed E-state index contributed by atoms with van der Waals surface area (Å²) in [6.07, 6.45) is 4.75. The van der Waals surface area contributed by atoms with Gasteiger partial charge in [0.15, 0.2) is 11.5 Å². The molecule has 0 bridgehead atoms. The zero-order chi connectivity index (χ0) is 19.9. The molecule has 0 aromatic heterocycles. The number of ether oxygens (including phenoxy) is 2. The molecule has 1 aliphatic heterocycles. The first-order chi connectivity index (χ1) is 13.6. The lowest BCUT2D eigenvalue weighted by molar-refractivity contribution is 0.292. The van der Waals surface area contributed by atoms with Crippen LogP contribution in [0.4, 0.5) is 11.4 Å². The van der Waals surface area contributed by atoms with Crippen molar-refractivity contribution in [2.45, 2.75) is 39.2 Å². The van der Waals surface area contributed by atoms with Gasteiger partial charge < -0.3 is 19.7 Å². The summed E-state index contributed by atoms with van der Waals surface area (Å²) in [7, 11) is 1.66. The molecule has 152 valence electrons. The Bertz CT molecular complexity index is 794.